The van der Waals surface area contributed by atoms with Gasteiger partial charge >= 0.3 is 0 Å². The van der Waals surface area contributed by atoms with Crippen molar-refractivity contribution in [2.45, 2.75) is 6.61 Å². The highest BCUT2D eigenvalue weighted by atomic mass is 35.5. The van der Waals surface area contributed by atoms with Gasteiger partial charge in [0.25, 0.3) is 0 Å². The van der Waals surface area contributed by atoms with Crippen molar-refractivity contribution in [1.82, 2.24) is 0 Å². The van der Waals surface area contributed by atoms with E-state index in [2.05, 4.69) is 5.16 Å². The Labute approximate surface area is 124 Å². The molecule has 0 saturated heterocycles. The number of rotatable bonds is 4. The number of hydrogen-bond donors (Lipinski definition) is 2. The largest absolute Gasteiger partial charge is 0.486 e. The molecule has 0 aliphatic carbocycles. The number of nitrogens with zero attached hydrogens (tertiary/aromatic N) is 1. The topological polar surface area (TPSA) is 67.8 Å². The molecule has 0 amide bonds. The molecule has 0 aromatic heterocycles. The Morgan fingerprint density at radius 3 is 2.71 bits per heavy atom. The summed E-state index contributed by atoms with van der Waals surface area (Å²) in [6.45, 7) is -0.174. The summed E-state index contributed by atoms with van der Waals surface area (Å²) in [5.74, 6) is -1.61. The van der Waals surface area contributed by atoms with Crippen LogP contribution in [0.4, 0.5) is 8.78 Å². The fourth-order valence-electron chi connectivity index (χ4n) is 1.65. The average molecular weight is 313 g/mol. The van der Waals surface area contributed by atoms with Gasteiger partial charge in [0.2, 0.25) is 0 Å². The van der Waals surface area contributed by atoms with E-state index in [1.165, 1.54) is 24.3 Å². The molecule has 7 heteroatoms. The summed E-state index contributed by atoms with van der Waals surface area (Å²) < 4.78 is 32.7. The van der Waals surface area contributed by atoms with Gasteiger partial charge in [-0.15, -0.1) is 0 Å². The Morgan fingerprint density at radius 1 is 1.29 bits per heavy atom. The Balaban J connectivity index is 2.15. The second-order valence-electron chi connectivity index (χ2n) is 4.13. The van der Waals surface area contributed by atoms with E-state index in [-0.39, 0.29) is 34.3 Å². The molecule has 0 aliphatic heterocycles. The van der Waals surface area contributed by atoms with Crippen LogP contribution < -0.4 is 10.5 Å². The molecule has 0 saturated carbocycles. The van der Waals surface area contributed by atoms with E-state index < -0.39 is 11.6 Å². The van der Waals surface area contributed by atoms with Gasteiger partial charge in [0.15, 0.2) is 17.4 Å². The molecule has 2 rings (SSSR count). The van der Waals surface area contributed by atoms with E-state index >= 15 is 0 Å². The SMILES string of the molecule is N/C(=N/O)c1ccc(OCc2cccc(Cl)c2F)c(F)c1. The Kier molecular flexibility index (Phi) is 4.59. The first kappa shape index (κ1) is 15.1. The second kappa shape index (κ2) is 6.41. The maximum Gasteiger partial charge on any atom is 0.170 e. The van der Waals surface area contributed by atoms with Gasteiger partial charge in [-0.25, -0.2) is 8.78 Å². The minimum Gasteiger partial charge on any atom is -0.486 e. The van der Waals surface area contributed by atoms with Crippen LogP contribution in [0.1, 0.15) is 11.1 Å². The first-order chi connectivity index (χ1) is 10.0. The van der Waals surface area contributed by atoms with Gasteiger partial charge in [-0.05, 0) is 24.3 Å². The van der Waals surface area contributed by atoms with Crippen molar-refractivity contribution in [1.29, 1.82) is 0 Å². The molecular weight excluding hydrogens is 302 g/mol. The number of hydrogen-bond acceptors (Lipinski definition) is 3. The lowest BCUT2D eigenvalue weighted by molar-refractivity contribution is 0.284. The molecule has 2 aromatic rings. The predicted octanol–water partition coefficient (Wildman–Crippen LogP) is 3.29. The highest BCUT2D eigenvalue weighted by Gasteiger charge is 2.10. The molecule has 0 heterocycles. The maximum absolute atomic E-state index is 13.8. The van der Waals surface area contributed by atoms with Gasteiger partial charge in [-0.1, -0.05) is 28.9 Å². The molecule has 0 spiro atoms. The fourth-order valence-corrected chi connectivity index (χ4v) is 1.84. The molecule has 0 atom stereocenters. The minimum atomic E-state index is -0.707. The van der Waals surface area contributed by atoms with E-state index in [1.54, 1.807) is 6.07 Å². The molecule has 0 fully saturated rings. The molecule has 2 aromatic carbocycles. The highest BCUT2D eigenvalue weighted by molar-refractivity contribution is 6.30. The lowest BCUT2D eigenvalue weighted by atomic mass is 10.2. The van der Waals surface area contributed by atoms with Crippen LogP contribution in [0.3, 0.4) is 0 Å². The lowest BCUT2D eigenvalue weighted by Crippen LogP contribution is -2.13. The smallest absolute Gasteiger partial charge is 0.170 e. The molecule has 21 heavy (non-hydrogen) atoms. The molecule has 110 valence electrons. The fraction of sp³-hybridized carbons (Fsp3) is 0.0714. The zero-order chi connectivity index (χ0) is 15.4. The van der Waals surface area contributed by atoms with Crippen molar-refractivity contribution < 1.29 is 18.7 Å². The summed E-state index contributed by atoms with van der Waals surface area (Å²) in [6.07, 6.45) is 0. The third-order valence-electron chi connectivity index (χ3n) is 2.75. The van der Waals surface area contributed by atoms with Crippen molar-refractivity contribution >= 4 is 17.4 Å². The van der Waals surface area contributed by atoms with Crippen LogP contribution in [0, 0.1) is 11.6 Å². The first-order valence-electron chi connectivity index (χ1n) is 5.86. The Bertz CT molecular complexity index is 693. The number of amidine groups is 1. The van der Waals surface area contributed by atoms with Crippen LogP contribution in [-0.4, -0.2) is 11.0 Å². The van der Waals surface area contributed by atoms with Crippen LogP contribution in [0.2, 0.25) is 5.02 Å². The summed E-state index contributed by atoms with van der Waals surface area (Å²) in [5.41, 5.74) is 5.76. The Morgan fingerprint density at radius 2 is 2.05 bits per heavy atom. The maximum atomic E-state index is 13.8. The average Bonchev–Trinajstić information content (AvgIpc) is 2.49. The summed E-state index contributed by atoms with van der Waals surface area (Å²) >= 11 is 5.64. The molecule has 0 radical (unpaired) electrons. The summed E-state index contributed by atoms with van der Waals surface area (Å²) in [5, 5.41) is 11.3. The summed E-state index contributed by atoms with van der Waals surface area (Å²) in [7, 11) is 0. The summed E-state index contributed by atoms with van der Waals surface area (Å²) in [4.78, 5) is 0. The third kappa shape index (κ3) is 3.41. The van der Waals surface area contributed by atoms with Gasteiger partial charge < -0.3 is 15.7 Å². The molecule has 4 nitrogen and oxygen atoms in total. The van der Waals surface area contributed by atoms with Crippen molar-refractivity contribution in [3.05, 3.63) is 64.2 Å². The quantitative estimate of drug-likeness (QED) is 0.394. The number of nitrogens with two attached hydrogens (primary N) is 1. The van der Waals surface area contributed by atoms with Crippen LogP contribution in [-0.2, 0) is 6.61 Å². The summed E-state index contributed by atoms with van der Waals surface area (Å²) in [6, 6.07) is 8.25. The van der Waals surface area contributed by atoms with E-state index in [0.29, 0.717) is 0 Å². The molecule has 0 bridgehead atoms. The van der Waals surface area contributed by atoms with Crippen LogP contribution in [0.15, 0.2) is 41.6 Å². The van der Waals surface area contributed by atoms with E-state index in [1.807, 2.05) is 0 Å². The zero-order valence-corrected chi connectivity index (χ0v) is 11.4. The molecule has 0 aliphatic rings. The lowest BCUT2D eigenvalue weighted by Gasteiger charge is -2.09. The molecular formula is C14H11ClF2N2O2. The van der Waals surface area contributed by atoms with E-state index in [4.69, 9.17) is 27.3 Å². The molecule has 0 unspecified atom stereocenters. The normalized spacial score (nSPS) is 11.5. The van der Waals surface area contributed by atoms with Crippen molar-refractivity contribution in [3.8, 4) is 5.75 Å². The second-order valence-corrected chi connectivity index (χ2v) is 4.54. The zero-order valence-electron chi connectivity index (χ0n) is 10.7. The highest BCUT2D eigenvalue weighted by Crippen LogP contribution is 2.22. The Hall–Kier alpha value is -2.34. The van der Waals surface area contributed by atoms with Gasteiger partial charge in [0, 0.05) is 11.1 Å². The third-order valence-corrected chi connectivity index (χ3v) is 3.04. The number of benzene rings is 2. The van der Waals surface area contributed by atoms with Gasteiger partial charge in [0.1, 0.15) is 12.4 Å². The van der Waals surface area contributed by atoms with Gasteiger partial charge in [0.05, 0.1) is 5.02 Å². The minimum absolute atomic E-state index is 0.0288. The van der Waals surface area contributed by atoms with Crippen LogP contribution in [0.5, 0.6) is 5.75 Å². The van der Waals surface area contributed by atoms with E-state index in [9.17, 15) is 8.78 Å². The standard InChI is InChI=1S/C14H11ClF2N2O2/c15-10-3-1-2-9(13(10)17)7-21-12-5-4-8(6-11(12)16)14(18)19-20/h1-6,20H,7H2,(H2,18,19). The number of halogens is 3. The number of oxime groups is 1. The van der Waals surface area contributed by atoms with Crippen molar-refractivity contribution in [2.75, 3.05) is 0 Å². The van der Waals surface area contributed by atoms with Crippen LogP contribution in [0.25, 0.3) is 0 Å². The first-order valence-corrected chi connectivity index (χ1v) is 6.24. The monoisotopic (exact) mass is 312 g/mol. The van der Waals surface area contributed by atoms with E-state index in [0.717, 1.165) is 6.07 Å². The van der Waals surface area contributed by atoms with Gasteiger partial charge in [-0.2, -0.15) is 0 Å². The molecule has 3 N–H and O–H groups in total. The van der Waals surface area contributed by atoms with Crippen molar-refractivity contribution in [3.63, 3.8) is 0 Å². The van der Waals surface area contributed by atoms with Crippen molar-refractivity contribution in [2.24, 2.45) is 10.9 Å². The van der Waals surface area contributed by atoms with Gasteiger partial charge in [-0.3, -0.25) is 0 Å². The van der Waals surface area contributed by atoms with Crippen LogP contribution >= 0.6 is 11.6 Å². The number of ether oxygens (including phenoxy) is 1. The predicted molar refractivity (Wildman–Crippen MR) is 74.7 cm³/mol.